The molecule has 1 saturated heterocycles. The van der Waals surface area contributed by atoms with Gasteiger partial charge in [0.25, 0.3) is 11.1 Å². The van der Waals surface area contributed by atoms with Crippen LogP contribution in [0.4, 0.5) is 4.79 Å². The quantitative estimate of drug-likeness (QED) is 0.427. The minimum Gasteiger partial charge on any atom is -0.506 e. The number of phenolic OH excluding ortho intramolecular Hbond substituents is 1. The van der Waals surface area contributed by atoms with E-state index in [9.17, 15) is 14.7 Å². The zero-order valence-corrected chi connectivity index (χ0v) is 18.6. The molecule has 1 N–H and O–H groups in total. The number of hydrogen-bond donors (Lipinski definition) is 1. The number of fused-ring (bicyclic) bond motifs is 1. The maximum atomic E-state index is 12.7. The van der Waals surface area contributed by atoms with Gasteiger partial charge in [0.05, 0.1) is 16.5 Å². The molecule has 0 bridgehead atoms. The van der Waals surface area contributed by atoms with Gasteiger partial charge in [-0.1, -0.05) is 63.9 Å². The fraction of sp³-hybridized carbons (Fsp3) is 0.0909. The molecule has 3 aromatic carbocycles. The minimum atomic E-state index is -0.429. The predicted octanol–water partition coefficient (Wildman–Crippen LogP) is 6.08. The molecule has 2 amide bonds. The van der Waals surface area contributed by atoms with Gasteiger partial charge in [-0.25, -0.2) is 0 Å². The molecule has 0 aromatic heterocycles. The standard InChI is InChI=1S/C22H15BrClNO4S/c23-15-10-14(20(26)17(24)12-15)11-19-21(27)25(22(28)30-19)8-9-29-18-7-3-5-13-4-1-2-6-16(13)18/h1-7,10-12,26H,8-9H2/b19-11-. The number of rotatable bonds is 5. The maximum Gasteiger partial charge on any atom is 0.293 e. The second kappa shape index (κ2) is 8.71. The van der Waals surface area contributed by atoms with Crippen molar-refractivity contribution in [2.75, 3.05) is 13.2 Å². The summed E-state index contributed by atoms with van der Waals surface area (Å²) in [7, 11) is 0. The van der Waals surface area contributed by atoms with E-state index in [0.29, 0.717) is 15.8 Å². The van der Waals surface area contributed by atoms with Gasteiger partial charge in [-0.2, -0.15) is 0 Å². The first kappa shape index (κ1) is 20.8. The number of benzene rings is 3. The molecule has 5 nitrogen and oxygen atoms in total. The van der Waals surface area contributed by atoms with E-state index in [1.54, 1.807) is 12.1 Å². The Balaban J connectivity index is 1.47. The van der Waals surface area contributed by atoms with Crippen LogP contribution in [-0.4, -0.2) is 34.3 Å². The molecule has 1 fully saturated rings. The molecule has 0 spiro atoms. The highest BCUT2D eigenvalue weighted by Gasteiger charge is 2.35. The summed E-state index contributed by atoms with van der Waals surface area (Å²) < 4.78 is 6.50. The number of thioether (sulfide) groups is 1. The van der Waals surface area contributed by atoms with Gasteiger partial charge in [-0.3, -0.25) is 14.5 Å². The summed E-state index contributed by atoms with van der Waals surface area (Å²) in [4.78, 5) is 26.4. The topological polar surface area (TPSA) is 66.8 Å². The summed E-state index contributed by atoms with van der Waals surface area (Å²) in [6.07, 6.45) is 1.46. The van der Waals surface area contributed by atoms with Crippen LogP contribution < -0.4 is 4.74 Å². The summed E-state index contributed by atoms with van der Waals surface area (Å²) in [6.45, 7) is 0.295. The van der Waals surface area contributed by atoms with Crippen molar-refractivity contribution in [2.24, 2.45) is 0 Å². The Bertz CT molecular complexity index is 1190. The predicted molar refractivity (Wildman–Crippen MR) is 123 cm³/mol. The number of aromatic hydroxyl groups is 1. The van der Waals surface area contributed by atoms with E-state index in [4.69, 9.17) is 16.3 Å². The lowest BCUT2D eigenvalue weighted by molar-refractivity contribution is -0.123. The van der Waals surface area contributed by atoms with E-state index >= 15 is 0 Å². The van der Waals surface area contributed by atoms with Crippen LogP contribution in [0, 0.1) is 0 Å². The summed E-state index contributed by atoms with van der Waals surface area (Å²) in [6, 6.07) is 16.8. The van der Waals surface area contributed by atoms with Gasteiger partial charge < -0.3 is 9.84 Å². The molecule has 0 saturated carbocycles. The molecule has 4 rings (SSSR count). The van der Waals surface area contributed by atoms with Crippen LogP contribution in [0.25, 0.3) is 16.8 Å². The van der Waals surface area contributed by atoms with Crippen LogP contribution in [-0.2, 0) is 4.79 Å². The summed E-state index contributed by atoms with van der Waals surface area (Å²) in [5.41, 5.74) is 0.354. The van der Waals surface area contributed by atoms with Crippen molar-refractivity contribution in [2.45, 2.75) is 0 Å². The average molecular weight is 505 g/mol. The molecule has 0 radical (unpaired) electrons. The van der Waals surface area contributed by atoms with E-state index < -0.39 is 5.91 Å². The van der Waals surface area contributed by atoms with Crippen molar-refractivity contribution in [1.29, 1.82) is 0 Å². The van der Waals surface area contributed by atoms with Crippen LogP contribution in [0.15, 0.2) is 64.0 Å². The number of halogens is 2. The molecule has 152 valence electrons. The van der Waals surface area contributed by atoms with Crippen LogP contribution in [0.2, 0.25) is 5.02 Å². The number of nitrogens with zero attached hydrogens (tertiary/aromatic N) is 1. The third-order valence-corrected chi connectivity index (χ3v) is 6.19. The van der Waals surface area contributed by atoms with Crippen molar-refractivity contribution >= 4 is 67.3 Å². The normalized spacial score (nSPS) is 15.4. The zero-order chi connectivity index (χ0) is 21.3. The van der Waals surface area contributed by atoms with Crippen LogP contribution in [0.5, 0.6) is 11.5 Å². The first-order chi connectivity index (χ1) is 14.4. The van der Waals surface area contributed by atoms with Gasteiger partial charge in [0, 0.05) is 15.4 Å². The first-order valence-corrected chi connectivity index (χ1v) is 11.0. The Kier molecular flexibility index (Phi) is 6.04. The van der Waals surface area contributed by atoms with E-state index in [2.05, 4.69) is 15.9 Å². The molecule has 3 aromatic rings. The Morgan fingerprint density at radius 1 is 1.13 bits per heavy atom. The SMILES string of the molecule is O=C1S/C(=C\c2cc(Br)cc(Cl)c2O)C(=O)N1CCOc1cccc2ccccc12. The second-order valence-corrected chi connectivity index (χ2v) is 8.80. The van der Waals surface area contributed by atoms with Crippen molar-refractivity contribution in [3.05, 3.63) is 74.6 Å². The second-order valence-electron chi connectivity index (χ2n) is 6.48. The summed E-state index contributed by atoms with van der Waals surface area (Å²) >= 11 is 10.1. The van der Waals surface area contributed by atoms with E-state index in [0.717, 1.165) is 27.4 Å². The third-order valence-electron chi connectivity index (χ3n) is 4.54. The van der Waals surface area contributed by atoms with Crippen LogP contribution in [0.1, 0.15) is 5.56 Å². The fourth-order valence-corrected chi connectivity index (χ4v) is 4.79. The Hall–Kier alpha value is -2.48. The lowest BCUT2D eigenvalue weighted by Crippen LogP contribution is -2.32. The number of imide groups is 1. The number of ether oxygens (including phenoxy) is 1. The van der Waals surface area contributed by atoms with Gasteiger partial charge in [-0.15, -0.1) is 0 Å². The van der Waals surface area contributed by atoms with Crippen molar-refractivity contribution in [1.82, 2.24) is 4.90 Å². The zero-order valence-electron chi connectivity index (χ0n) is 15.5. The number of carbonyl (C=O) groups is 2. The van der Waals surface area contributed by atoms with Gasteiger partial charge in [0.15, 0.2) is 0 Å². The van der Waals surface area contributed by atoms with Gasteiger partial charge in [0.2, 0.25) is 0 Å². The lowest BCUT2D eigenvalue weighted by atomic mass is 10.1. The molecule has 1 aliphatic rings. The van der Waals surface area contributed by atoms with Crippen molar-refractivity contribution < 1.29 is 19.4 Å². The van der Waals surface area contributed by atoms with E-state index in [1.165, 1.54) is 6.08 Å². The molecule has 30 heavy (non-hydrogen) atoms. The van der Waals surface area contributed by atoms with Crippen LogP contribution >= 0.6 is 39.3 Å². The van der Waals surface area contributed by atoms with Crippen molar-refractivity contribution in [3.8, 4) is 11.5 Å². The Labute approximate surface area is 190 Å². The van der Waals surface area contributed by atoms with Gasteiger partial charge in [-0.05, 0) is 41.4 Å². The van der Waals surface area contributed by atoms with E-state index in [1.807, 2.05) is 42.5 Å². The van der Waals surface area contributed by atoms with Crippen molar-refractivity contribution in [3.63, 3.8) is 0 Å². The molecule has 1 heterocycles. The average Bonchev–Trinajstić information content (AvgIpc) is 2.99. The number of carbonyl (C=O) groups excluding carboxylic acids is 2. The molecule has 0 atom stereocenters. The molecule has 0 aliphatic carbocycles. The smallest absolute Gasteiger partial charge is 0.293 e. The molecular formula is C22H15BrClNO4S. The monoisotopic (exact) mass is 503 g/mol. The minimum absolute atomic E-state index is 0.121. The fourth-order valence-electron chi connectivity index (χ4n) is 3.10. The third kappa shape index (κ3) is 4.19. The first-order valence-electron chi connectivity index (χ1n) is 8.98. The van der Waals surface area contributed by atoms with E-state index in [-0.39, 0.29) is 34.1 Å². The largest absolute Gasteiger partial charge is 0.506 e. The number of hydrogen-bond acceptors (Lipinski definition) is 5. The highest BCUT2D eigenvalue weighted by atomic mass is 79.9. The summed E-state index contributed by atoms with van der Waals surface area (Å²) in [5.74, 6) is 0.122. The highest BCUT2D eigenvalue weighted by molar-refractivity contribution is 9.10. The molecular weight excluding hydrogens is 490 g/mol. The molecule has 1 aliphatic heterocycles. The lowest BCUT2D eigenvalue weighted by Gasteiger charge is -2.14. The Morgan fingerprint density at radius 3 is 2.73 bits per heavy atom. The van der Waals surface area contributed by atoms with Crippen LogP contribution in [0.3, 0.4) is 0 Å². The number of phenols is 1. The van der Waals surface area contributed by atoms with Gasteiger partial charge >= 0.3 is 0 Å². The number of amides is 2. The molecule has 8 heteroatoms. The van der Waals surface area contributed by atoms with Gasteiger partial charge in [0.1, 0.15) is 18.1 Å². The Morgan fingerprint density at radius 2 is 1.90 bits per heavy atom. The highest BCUT2D eigenvalue weighted by Crippen LogP contribution is 2.37. The maximum absolute atomic E-state index is 12.7. The summed E-state index contributed by atoms with van der Waals surface area (Å²) in [5, 5.41) is 11.9. The molecule has 0 unspecified atom stereocenters.